The lowest BCUT2D eigenvalue weighted by Gasteiger charge is -2.16. The Hall–Kier alpha value is -2.72. The molecule has 0 saturated carbocycles. The van der Waals surface area contributed by atoms with E-state index in [2.05, 4.69) is 36.7 Å². The molecule has 4 N–H and O–H groups in total. The standard InChI is InChI=1S/C20H26N6O3S/c1-21-8-9-23-17-11-22-12-18(24-17)30(28,29)26-20(27)25-19-15-6-2-4-13(15)10-14-5-3-7-16(14)19/h10-12,21H,2-9H2,1H3,(H,23,24)(H2,25,26,27). The Balaban J connectivity index is 1.50. The van der Waals surface area contributed by atoms with Gasteiger partial charge in [-0.3, -0.25) is 4.98 Å². The Morgan fingerprint density at radius 3 is 2.40 bits per heavy atom. The Kier molecular flexibility index (Phi) is 5.87. The number of nitrogens with zero attached hydrogens (tertiary/aromatic N) is 2. The molecule has 2 aromatic rings. The lowest BCUT2D eigenvalue weighted by Crippen LogP contribution is -2.35. The molecule has 0 aliphatic heterocycles. The normalized spacial score (nSPS) is 14.8. The quantitative estimate of drug-likeness (QED) is 0.492. The van der Waals surface area contributed by atoms with Gasteiger partial charge in [0.1, 0.15) is 5.82 Å². The summed E-state index contributed by atoms with van der Waals surface area (Å²) < 4.78 is 27.4. The number of urea groups is 1. The van der Waals surface area contributed by atoms with Crippen molar-refractivity contribution in [3.63, 3.8) is 0 Å². The van der Waals surface area contributed by atoms with Crippen LogP contribution in [-0.2, 0) is 35.7 Å². The molecule has 4 rings (SSSR count). The van der Waals surface area contributed by atoms with Crippen LogP contribution in [0, 0.1) is 0 Å². The van der Waals surface area contributed by atoms with Gasteiger partial charge in [-0.25, -0.2) is 14.5 Å². The molecular weight excluding hydrogens is 404 g/mol. The van der Waals surface area contributed by atoms with Crippen LogP contribution in [0.3, 0.4) is 0 Å². The molecule has 160 valence electrons. The van der Waals surface area contributed by atoms with Crippen LogP contribution in [0.15, 0.2) is 23.5 Å². The highest BCUT2D eigenvalue weighted by atomic mass is 32.2. The number of sulfonamides is 1. The van der Waals surface area contributed by atoms with Gasteiger partial charge in [-0.1, -0.05) is 6.07 Å². The van der Waals surface area contributed by atoms with Crippen molar-refractivity contribution in [1.82, 2.24) is 20.0 Å². The highest BCUT2D eigenvalue weighted by molar-refractivity contribution is 7.90. The van der Waals surface area contributed by atoms with Gasteiger partial charge in [-0.05, 0) is 67.8 Å². The number of benzene rings is 1. The molecule has 2 aliphatic rings. The van der Waals surface area contributed by atoms with E-state index in [0.29, 0.717) is 18.9 Å². The third-order valence-corrected chi connectivity index (χ3v) is 6.71. The van der Waals surface area contributed by atoms with Crippen molar-refractivity contribution in [2.45, 2.75) is 43.6 Å². The number of aromatic nitrogens is 2. The summed E-state index contributed by atoms with van der Waals surface area (Å²) in [4.78, 5) is 20.6. The highest BCUT2D eigenvalue weighted by Gasteiger charge is 2.26. The van der Waals surface area contributed by atoms with Crippen molar-refractivity contribution < 1.29 is 13.2 Å². The molecule has 1 aromatic carbocycles. The van der Waals surface area contributed by atoms with E-state index in [0.717, 1.165) is 61.5 Å². The van der Waals surface area contributed by atoms with Gasteiger partial charge >= 0.3 is 6.03 Å². The fraction of sp³-hybridized carbons (Fsp3) is 0.450. The van der Waals surface area contributed by atoms with Crippen molar-refractivity contribution >= 4 is 27.6 Å². The topological polar surface area (TPSA) is 125 Å². The fourth-order valence-corrected chi connectivity index (χ4v) is 4.98. The first-order chi connectivity index (χ1) is 14.5. The Morgan fingerprint density at radius 2 is 1.73 bits per heavy atom. The molecule has 10 heteroatoms. The average molecular weight is 431 g/mol. The lowest BCUT2D eigenvalue weighted by atomic mass is 9.99. The predicted molar refractivity (Wildman–Crippen MR) is 114 cm³/mol. The molecule has 30 heavy (non-hydrogen) atoms. The number of aryl methyl sites for hydroxylation is 2. The van der Waals surface area contributed by atoms with Crippen molar-refractivity contribution in [1.29, 1.82) is 0 Å². The molecule has 0 saturated heterocycles. The van der Waals surface area contributed by atoms with Crippen LogP contribution in [0.2, 0.25) is 0 Å². The van der Waals surface area contributed by atoms with E-state index >= 15 is 0 Å². The molecule has 9 nitrogen and oxygen atoms in total. The third-order valence-electron chi connectivity index (χ3n) is 5.51. The largest absolute Gasteiger partial charge is 0.367 e. The zero-order chi connectivity index (χ0) is 21.1. The summed E-state index contributed by atoms with van der Waals surface area (Å²) in [6, 6.07) is 1.48. The molecular formula is C20H26N6O3S. The number of fused-ring (bicyclic) bond motifs is 2. The van der Waals surface area contributed by atoms with Crippen LogP contribution in [0.4, 0.5) is 16.3 Å². The molecule has 0 unspecified atom stereocenters. The molecule has 1 heterocycles. The molecule has 0 spiro atoms. The zero-order valence-corrected chi connectivity index (χ0v) is 17.7. The van der Waals surface area contributed by atoms with Crippen molar-refractivity contribution in [3.8, 4) is 0 Å². The number of carbonyl (C=O) groups is 1. The Bertz CT molecular complexity index is 1040. The first-order valence-electron chi connectivity index (χ1n) is 10.2. The minimum absolute atomic E-state index is 0.310. The third kappa shape index (κ3) is 4.24. The summed E-state index contributed by atoms with van der Waals surface area (Å²) >= 11 is 0. The molecule has 0 radical (unpaired) electrons. The molecule has 2 aliphatic carbocycles. The van der Waals surface area contributed by atoms with E-state index < -0.39 is 16.1 Å². The highest BCUT2D eigenvalue weighted by Crippen LogP contribution is 2.38. The molecule has 0 bridgehead atoms. The van der Waals surface area contributed by atoms with Gasteiger partial charge in [0.25, 0.3) is 10.0 Å². The summed E-state index contributed by atoms with van der Waals surface area (Å²) in [5, 5.41) is 8.47. The van der Waals surface area contributed by atoms with Gasteiger partial charge in [0.05, 0.1) is 12.4 Å². The zero-order valence-electron chi connectivity index (χ0n) is 16.9. The van der Waals surface area contributed by atoms with E-state index in [4.69, 9.17) is 0 Å². The number of rotatable bonds is 7. The Morgan fingerprint density at radius 1 is 1.03 bits per heavy atom. The van der Waals surface area contributed by atoms with Crippen LogP contribution in [-0.4, -0.2) is 44.6 Å². The number of amides is 2. The van der Waals surface area contributed by atoms with Crippen LogP contribution in [0.25, 0.3) is 0 Å². The van der Waals surface area contributed by atoms with Gasteiger partial charge in [-0.2, -0.15) is 8.42 Å². The minimum atomic E-state index is -4.15. The molecule has 0 fully saturated rings. The molecule has 1 aromatic heterocycles. The number of likely N-dealkylation sites (N-methyl/N-ethyl adjacent to an activating group) is 1. The first kappa shape index (κ1) is 20.5. The summed E-state index contributed by atoms with van der Waals surface area (Å²) in [7, 11) is -2.34. The number of carbonyl (C=O) groups excluding carboxylic acids is 1. The second-order valence-corrected chi connectivity index (χ2v) is 9.20. The van der Waals surface area contributed by atoms with Gasteiger partial charge in [0.2, 0.25) is 0 Å². The SMILES string of the molecule is CNCCNc1cncc(S(=O)(=O)NC(=O)Nc2c3c(cc4c2CCC4)CCC3)n1. The van der Waals surface area contributed by atoms with Crippen molar-refractivity contribution in [2.24, 2.45) is 0 Å². The fourth-order valence-electron chi connectivity index (χ4n) is 4.16. The van der Waals surface area contributed by atoms with E-state index in [1.165, 1.54) is 17.3 Å². The van der Waals surface area contributed by atoms with E-state index in [9.17, 15) is 13.2 Å². The minimum Gasteiger partial charge on any atom is -0.367 e. The predicted octanol–water partition coefficient (Wildman–Crippen LogP) is 1.60. The van der Waals surface area contributed by atoms with Gasteiger partial charge in [0, 0.05) is 18.8 Å². The van der Waals surface area contributed by atoms with Gasteiger partial charge < -0.3 is 16.0 Å². The first-order valence-corrected chi connectivity index (χ1v) is 11.7. The van der Waals surface area contributed by atoms with Crippen molar-refractivity contribution in [2.75, 3.05) is 30.8 Å². The van der Waals surface area contributed by atoms with Crippen LogP contribution in [0.1, 0.15) is 35.1 Å². The number of anilines is 2. The molecule has 2 amide bonds. The van der Waals surface area contributed by atoms with Gasteiger partial charge in [0.15, 0.2) is 5.03 Å². The number of hydrogen-bond donors (Lipinski definition) is 4. The summed E-state index contributed by atoms with van der Waals surface area (Å²) in [5.74, 6) is 0.326. The smallest absolute Gasteiger partial charge is 0.333 e. The molecule has 0 atom stereocenters. The Labute approximate surface area is 176 Å². The van der Waals surface area contributed by atoms with Crippen LogP contribution < -0.4 is 20.7 Å². The summed E-state index contributed by atoms with van der Waals surface area (Å²) in [6.45, 7) is 1.25. The summed E-state index contributed by atoms with van der Waals surface area (Å²) in [6.07, 6.45) is 8.46. The maximum Gasteiger partial charge on any atom is 0.333 e. The van der Waals surface area contributed by atoms with Crippen molar-refractivity contribution in [3.05, 3.63) is 40.7 Å². The van der Waals surface area contributed by atoms with E-state index in [1.54, 1.807) is 0 Å². The lowest BCUT2D eigenvalue weighted by molar-refractivity contribution is 0.256. The monoisotopic (exact) mass is 430 g/mol. The number of nitrogens with one attached hydrogen (secondary N) is 4. The maximum atomic E-state index is 12.7. The van der Waals surface area contributed by atoms with E-state index in [-0.39, 0.29) is 5.03 Å². The summed E-state index contributed by atoms with van der Waals surface area (Å²) in [5.41, 5.74) is 5.59. The van der Waals surface area contributed by atoms with Crippen LogP contribution in [0.5, 0.6) is 0 Å². The average Bonchev–Trinajstić information content (AvgIpc) is 3.37. The second kappa shape index (κ2) is 8.57. The van der Waals surface area contributed by atoms with Gasteiger partial charge in [-0.15, -0.1) is 0 Å². The maximum absolute atomic E-state index is 12.7. The second-order valence-electron chi connectivity index (χ2n) is 7.57. The number of hydrogen-bond acceptors (Lipinski definition) is 7. The van der Waals surface area contributed by atoms with E-state index in [1.807, 2.05) is 7.05 Å². The van der Waals surface area contributed by atoms with Crippen LogP contribution >= 0.6 is 0 Å².